The van der Waals surface area contributed by atoms with Gasteiger partial charge in [-0.25, -0.2) is 0 Å². The molecule has 0 radical (unpaired) electrons. The summed E-state index contributed by atoms with van der Waals surface area (Å²) in [4.78, 5) is 0. The van der Waals surface area contributed by atoms with Crippen LogP contribution < -0.4 is 0 Å². The summed E-state index contributed by atoms with van der Waals surface area (Å²) in [6.45, 7) is 6.08. The Morgan fingerprint density at radius 2 is 2.27 bits per heavy atom. The third-order valence-corrected chi connectivity index (χ3v) is 2.41. The molecule has 0 aromatic heterocycles. The summed E-state index contributed by atoms with van der Waals surface area (Å²) in [6, 6.07) is 0. The Labute approximate surface area is 72.7 Å². The molecule has 0 aromatic rings. The lowest BCUT2D eigenvalue weighted by molar-refractivity contribution is 0.582. The van der Waals surface area contributed by atoms with Crippen molar-refractivity contribution in [2.45, 2.75) is 32.6 Å². The maximum absolute atomic E-state index is 5.13. The Morgan fingerprint density at radius 1 is 1.64 bits per heavy atom. The number of rotatable bonds is 5. The van der Waals surface area contributed by atoms with Crippen LogP contribution in [0.1, 0.15) is 32.6 Å². The van der Waals surface area contributed by atoms with Gasteiger partial charge in [0.25, 0.3) is 0 Å². The molecule has 0 spiro atoms. The highest BCUT2D eigenvalue weighted by molar-refractivity contribution is 7.22. The van der Waals surface area contributed by atoms with Gasteiger partial charge < -0.3 is 0 Å². The highest BCUT2D eigenvalue weighted by Crippen LogP contribution is 2.20. The smallest absolute Gasteiger partial charge is 0.00860 e. The molecule has 1 heteroatoms. The Hall–Kier alpha value is -0.270. The van der Waals surface area contributed by atoms with Crippen molar-refractivity contribution in [1.29, 1.82) is 0 Å². The zero-order chi connectivity index (χ0) is 8.69. The molecule has 11 heavy (non-hydrogen) atoms. The number of unbranched alkanes of at least 4 members (excludes halogenated alkanes) is 2. The first-order valence-electron chi connectivity index (χ1n) is 4.06. The molecule has 0 rings (SSSR count). The number of hydrogen-bond donors (Lipinski definition) is 0. The lowest BCUT2D eigenvalue weighted by Gasteiger charge is -2.08. The summed E-state index contributed by atoms with van der Waals surface area (Å²) in [5.41, 5.74) is 0. The summed E-state index contributed by atoms with van der Waals surface area (Å²) in [7, 11) is 2.66. The van der Waals surface area contributed by atoms with Gasteiger partial charge in [0.05, 0.1) is 0 Å². The van der Waals surface area contributed by atoms with Gasteiger partial charge in [0.15, 0.2) is 0 Å². The van der Waals surface area contributed by atoms with E-state index >= 15 is 0 Å². The maximum Gasteiger partial charge on any atom is 0.00860 e. The molecule has 0 saturated carbocycles. The van der Waals surface area contributed by atoms with E-state index < -0.39 is 0 Å². The molecule has 0 N–H and O–H groups in total. The largest absolute Gasteiger partial charge is 0.120 e. The highest BCUT2D eigenvalue weighted by Gasteiger charge is 2.00. The minimum atomic E-state index is 0.623. The van der Waals surface area contributed by atoms with E-state index in [9.17, 15) is 0 Å². The maximum atomic E-state index is 5.13. The second-order valence-corrected chi connectivity index (χ2v) is 3.67. The highest BCUT2D eigenvalue weighted by atomic mass is 31.0. The normalized spacial score (nSPS) is 12.1. The summed E-state index contributed by atoms with van der Waals surface area (Å²) < 4.78 is 0. The summed E-state index contributed by atoms with van der Waals surface area (Å²) in [5, 5.41) is 1.20. The fourth-order valence-corrected chi connectivity index (χ4v) is 1.03. The molecule has 0 aliphatic heterocycles. The van der Waals surface area contributed by atoms with E-state index in [-0.39, 0.29) is 0 Å². The van der Waals surface area contributed by atoms with Gasteiger partial charge >= 0.3 is 0 Å². The predicted molar refractivity (Wildman–Crippen MR) is 55.3 cm³/mol. The second kappa shape index (κ2) is 6.44. The van der Waals surface area contributed by atoms with Crippen LogP contribution in [-0.4, -0.2) is 0 Å². The summed E-state index contributed by atoms with van der Waals surface area (Å²) in [5.74, 6) is 3.27. The van der Waals surface area contributed by atoms with Gasteiger partial charge in [-0.2, -0.15) is 0 Å². The molecule has 0 saturated heterocycles. The Bertz CT molecular complexity index is 153. The molecule has 2 atom stereocenters. The van der Waals surface area contributed by atoms with Crippen molar-refractivity contribution in [3.05, 3.63) is 11.9 Å². The number of hydrogen-bond acceptors (Lipinski definition) is 0. The monoisotopic (exact) mass is 168 g/mol. The quantitative estimate of drug-likeness (QED) is 0.336. The van der Waals surface area contributed by atoms with Crippen LogP contribution in [0.25, 0.3) is 0 Å². The molecule has 0 aromatic carbocycles. The Kier molecular flexibility index (Phi) is 6.28. The molecule has 0 bridgehead atoms. The van der Waals surface area contributed by atoms with Crippen molar-refractivity contribution >= 4 is 9.24 Å². The topological polar surface area (TPSA) is 0 Å². The summed E-state index contributed by atoms with van der Waals surface area (Å²) in [6.07, 6.45) is 9.63. The van der Waals surface area contributed by atoms with Gasteiger partial charge in [-0.15, -0.1) is 21.6 Å². The molecular formula is C10H17P. The van der Waals surface area contributed by atoms with Crippen molar-refractivity contribution in [3.63, 3.8) is 0 Å². The first kappa shape index (κ1) is 10.7. The van der Waals surface area contributed by atoms with Gasteiger partial charge in [-0.3, -0.25) is 0 Å². The fraction of sp³-hybridized carbons (Fsp3) is 0.600. The van der Waals surface area contributed by atoms with Crippen molar-refractivity contribution in [2.75, 3.05) is 0 Å². The van der Waals surface area contributed by atoms with Crippen LogP contribution in [-0.2, 0) is 0 Å². The molecule has 2 unspecified atom stereocenters. The number of terminal acetylenes is 1. The van der Waals surface area contributed by atoms with E-state index in [0.29, 0.717) is 5.92 Å². The van der Waals surface area contributed by atoms with Crippen LogP contribution in [0.3, 0.4) is 0 Å². The minimum Gasteiger partial charge on any atom is -0.120 e. The molecular weight excluding hydrogens is 151 g/mol. The van der Waals surface area contributed by atoms with Crippen molar-refractivity contribution in [2.24, 2.45) is 5.92 Å². The molecule has 62 valence electrons. The zero-order valence-electron chi connectivity index (χ0n) is 7.27. The third-order valence-electron chi connectivity index (χ3n) is 1.84. The first-order chi connectivity index (χ1) is 5.18. The van der Waals surface area contributed by atoms with Gasteiger partial charge in [-0.1, -0.05) is 25.2 Å². The van der Waals surface area contributed by atoms with Crippen molar-refractivity contribution in [3.8, 4) is 12.3 Å². The lowest BCUT2D eigenvalue weighted by Crippen LogP contribution is -1.92. The van der Waals surface area contributed by atoms with Crippen LogP contribution in [0.15, 0.2) is 11.9 Å². The minimum absolute atomic E-state index is 0.623. The predicted octanol–water partition coefficient (Wildman–Crippen LogP) is 3.20. The van der Waals surface area contributed by atoms with E-state index in [4.69, 9.17) is 6.42 Å². The van der Waals surface area contributed by atoms with Crippen LogP contribution in [0.2, 0.25) is 0 Å². The zero-order valence-corrected chi connectivity index (χ0v) is 8.42. The average Bonchev–Trinajstić information content (AvgIpc) is 1.97. The SMILES string of the molecule is C#CCCCCC(C)C(=C)P. The van der Waals surface area contributed by atoms with Crippen molar-refractivity contribution in [1.82, 2.24) is 0 Å². The Morgan fingerprint density at radius 3 is 2.73 bits per heavy atom. The second-order valence-electron chi connectivity index (χ2n) is 2.93. The van der Waals surface area contributed by atoms with Gasteiger partial charge in [0, 0.05) is 6.42 Å². The lowest BCUT2D eigenvalue weighted by atomic mass is 10.0. The fourth-order valence-electron chi connectivity index (χ4n) is 0.863. The third kappa shape index (κ3) is 6.14. The van der Waals surface area contributed by atoms with Crippen molar-refractivity contribution < 1.29 is 0 Å². The van der Waals surface area contributed by atoms with E-state index in [1.165, 1.54) is 18.2 Å². The molecule has 0 aliphatic rings. The van der Waals surface area contributed by atoms with Gasteiger partial charge in [-0.05, 0) is 18.8 Å². The molecule has 0 amide bonds. The van der Waals surface area contributed by atoms with Crippen LogP contribution in [0, 0.1) is 18.3 Å². The van der Waals surface area contributed by atoms with Gasteiger partial charge in [0.2, 0.25) is 0 Å². The van der Waals surface area contributed by atoms with E-state index in [0.717, 1.165) is 12.8 Å². The molecule has 0 fully saturated rings. The van der Waals surface area contributed by atoms with Crippen LogP contribution >= 0.6 is 9.24 Å². The van der Waals surface area contributed by atoms with E-state index in [1.807, 2.05) is 0 Å². The summed E-state index contributed by atoms with van der Waals surface area (Å²) >= 11 is 0. The standard InChI is InChI=1S/C10H17P/c1-4-5-6-7-8-9(2)10(3)11/h1,9H,3,5-8,11H2,2H3. The first-order valence-corrected chi connectivity index (χ1v) is 4.64. The van der Waals surface area contributed by atoms with Crippen LogP contribution in [0.5, 0.6) is 0 Å². The number of allylic oxidation sites excluding steroid dienone is 1. The average molecular weight is 168 g/mol. The molecule has 0 nitrogen and oxygen atoms in total. The Balaban J connectivity index is 3.26. The van der Waals surface area contributed by atoms with Crippen LogP contribution in [0.4, 0.5) is 0 Å². The van der Waals surface area contributed by atoms with E-state index in [1.54, 1.807) is 0 Å². The van der Waals surface area contributed by atoms with Gasteiger partial charge in [0.1, 0.15) is 0 Å². The van der Waals surface area contributed by atoms with E-state index in [2.05, 4.69) is 28.7 Å². The molecule has 0 heterocycles. The molecule has 0 aliphatic carbocycles.